The van der Waals surface area contributed by atoms with Crippen molar-refractivity contribution in [3.8, 4) is 11.5 Å². The molecular weight excluding hydrogens is 318 g/mol. The number of benzene rings is 2. The predicted octanol–water partition coefficient (Wildman–Crippen LogP) is 2.89. The molecule has 0 fully saturated rings. The Balaban J connectivity index is 1.94. The first-order valence-corrected chi connectivity index (χ1v) is 7.05. The van der Waals surface area contributed by atoms with Crippen molar-refractivity contribution in [2.75, 3.05) is 13.7 Å². The number of ether oxygens (including phenoxy) is 2. The molecule has 24 heavy (non-hydrogen) atoms. The second-order valence-corrected chi connectivity index (χ2v) is 4.80. The van der Waals surface area contributed by atoms with Crippen LogP contribution in [0.1, 0.15) is 12.5 Å². The Kier molecular flexibility index (Phi) is 5.83. The monoisotopic (exact) mass is 334 g/mol. The van der Waals surface area contributed by atoms with Crippen LogP contribution >= 0.6 is 0 Å². The Labute approximate surface area is 137 Å². The van der Waals surface area contributed by atoms with Crippen LogP contribution in [0.25, 0.3) is 0 Å². The van der Waals surface area contributed by atoms with Crippen LogP contribution in [0, 0.1) is 11.6 Å². The SMILES string of the molecule is COc1ccccc1OCC(=O)N/N=C(/C)c1ccc(F)cc1F. The lowest BCUT2D eigenvalue weighted by Gasteiger charge is -2.09. The number of carbonyl (C=O) groups is 1. The summed E-state index contributed by atoms with van der Waals surface area (Å²) < 4.78 is 36.9. The van der Waals surface area contributed by atoms with Crippen molar-refractivity contribution in [1.29, 1.82) is 0 Å². The third-order valence-electron chi connectivity index (χ3n) is 3.10. The molecule has 0 aliphatic rings. The van der Waals surface area contributed by atoms with E-state index in [9.17, 15) is 13.6 Å². The molecule has 0 aliphatic carbocycles. The minimum atomic E-state index is -0.754. The van der Waals surface area contributed by atoms with Gasteiger partial charge in [-0.3, -0.25) is 4.79 Å². The molecule has 2 rings (SSSR count). The van der Waals surface area contributed by atoms with Gasteiger partial charge in [-0.05, 0) is 31.2 Å². The highest BCUT2D eigenvalue weighted by Crippen LogP contribution is 2.25. The number of hydrogen-bond acceptors (Lipinski definition) is 4. The molecule has 0 radical (unpaired) electrons. The zero-order valence-corrected chi connectivity index (χ0v) is 13.2. The maximum Gasteiger partial charge on any atom is 0.277 e. The lowest BCUT2D eigenvalue weighted by Crippen LogP contribution is -2.25. The maximum absolute atomic E-state index is 13.6. The van der Waals surface area contributed by atoms with Crippen molar-refractivity contribution >= 4 is 11.6 Å². The number of para-hydroxylation sites is 2. The Morgan fingerprint density at radius 2 is 1.88 bits per heavy atom. The first-order valence-electron chi connectivity index (χ1n) is 7.05. The molecule has 1 N–H and O–H groups in total. The number of rotatable bonds is 6. The standard InChI is InChI=1S/C17H16F2N2O3/c1-11(13-8-7-12(18)9-14(13)19)20-21-17(22)10-24-16-6-4-3-5-15(16)23-2/h3-9H,10H2,1-2H3,(H,21,22)/b20-11-. The fourth-order valence-corrected chi connectivity index (χ4v) is 1.90. The van der Waals surface area contributed by atoms with Crippen LogP contribution in [0.15, 0.2) is 47.6 Å². The molecule has 0 saturated heterocycles. The Morgan fingerprint density at radius 1 is 1.17 bits per heavy atom. The van der Waals surface area contributed by atoms with E-state index < -0.39 is 17.5 Å². The number of hydrazone groups is 1. The zero-order valence-electron chi connectivity index (χ0n) is 13.2. The molecule has 0 aliphatic heterocycles. The van der Waals surface area contributed by atoms with Gasteiger partial charge in [0.05, 0.1) is 12.8 Å². The third kappa shape index (κ3) is 4.52. The summed E-state index contributed by atoms with van der Waals surface area (Å²) in [6, 6.07) is 10.00. The van der Waals surface area contributed by atoms with Crippen molar-refractivity contribution in [3.63, 3.8) is 0 Å². The largest absolute Gasteiger partial charge is 0.493 e. The van der Waals surface area contributed by atoms with E-state index in [0.29, 0.717) is 11.5 Å². The topological polar surface area (TPSA) is 59.9 Å². The fourth-order valence-electron chi connectivity index (χ4n) is 1.90. The fraction of sp³-hybridized carbons (Fsp3) is 0.176. The molecule has 2 aromatic carbocycles. The highest BCUT2D eigenvalue weighted by Gasteiger charge is 2.09. The van der Waals surface area contributed by atoms with Crippen LogP contribution in [0.4, 0.5) is 8.78 Å². The van der Waals surface area contributed by atoms with Gasteiger partial charge in [0.1, 0.15) is 11.6 Å². The van der Waals surface area contributed by atoms with E-state index in [1.807, 2.05) is 0 Å². The van der Waals surface area contributed by atoms with E-state index in [0.717, 1.165) is 12.1 Å². The summed E-state index contributed by atoms with van der Waals surface area (Å²) in [6.07, 6.45) is 0. The highest BCUT2D eigenvalue weighted by atomic mass is 19.1. The van der Waals surface area contributed by atoms with Crippen LogP contribution in [0.5, 0.6) is 11.5 Å². The summed E-state index contributed by atoms with van der Waals surface area (Å²) in [5.74, 6) is -1.05. The predicted molar refractivity (Wildman–Crippen MR) is 85.2 cm³/mol. The molecule has 5 nitrogen and oxygen atoms in total. The van der Waals surface area contributed by atoms with Crippen LogP contribution in [-0.4, -0.2) is 25.3 Å². The van der Waals surface area contributed by atoms with E-state index in [2.05, 4.69) is 10.5 Å². The van der Waals surface area contributed by atoms with Gasteiger partial charge in [0.2, 0.25) is 0 Å². The summed E-state index contributed by atoms with van der Waals surface area (Å²) in [6.45, 7) is 1.21. The summed E-state index contributed by atoms with van der Waals surface area (Å²) in [4.78, 5) is 11.8. The third-order valence-corrected chi connectivity index (χ3v) is 3.10. The van der Waals surface area contributed by atoms with Gasteiger partial charge in [-0.1, -0.05) is 12.1 Å². The van der Waals surface area contributed by atoms with Gasteiger partial charge >= 0.3 is 0 Å². The molecular formula is C17H16F2N2O3. The average Bonchev–Trinajstić information content (AvgIpc) is 2.58. The lowest BCUT2D eigenvalue weighted by molar-refractivity contribution is -0.123. The number of hydrogen-bond donors (Lipinski definition) is 1. The van der Waals surface area contributed by atoms with Gasteiger partial charge in [-0.15, -0.1) is 0 Å². The Bertz CT molecular complexity index is 763. The molecule has 0 heterocycles. The molecule has 0 unspecified atom stereocenters. The molecule has 1 amide bonds. The smallest absolute Gasteiger partial charge is 0.277 e. The molecule has 0 atom stereocenters. The van der Waals surface area contributed by atoms with Crippen molar-refractivity contribution in [2.24, 2.45) is 5.10 Å². The van der Waals surface area contributed by atoms with Crippen LogP contribution in [-0.2, 0) is 4.79 Å². The molecule has 0 bridgehead atoms. The molecule has 7 heteroatoms. The Morgan fingerprint density at radius 3 is 2.54 bits per heavy atom. The van der Waals surface area contributed by atoms with Gasteiger partial charge in [0.25, 0.3) is 5.91 Å². The van der Waals surface area contributed by atoms with E-state index in [1.54, 1.807) is 24.3 Å². The normalized spacial score (nSPS) is 11.1. The van der Waals surface area contributed by atoms with Crippen molar-refractivity contribution in [2.45, 2.75) is 6.92 Å². The minimum Gasteiger partial charge on any atom is -0.493 e. The van der Waals surface area contributed by atoms with E-state index in [4.69, 9.17) is 9.47 Å². The number of nitrogens with one attached hydrogen (secondary N) is 1. The van der Waals surface area contributed by atoms with Gasteiger partial charge in [-0.25, -0.2) is 14.2 Å². The van der Waals surface area contributed by atoms with Gasteiger partial charge in [0, 0.05) is 11.6 Å². The van der Waals surface area contributed by atoms with Crippen molar-refractivity contribution in [3.05, 3.63) is 59.7 Å². The average molecular weight is 334 g/mol. The quantitative estimate of drug-likeness (QED) is 0.653. The van der Waals surface area contributed by atoms with Crippen LogP contribution < -0.4 is 14.9 Å². The number of amides is 1. The minimum absolute atomic E-state index is 0.0994. The van der Waals surface area contributed by atoms with Gasteiger partial charge in [-0.2, -0.15) is 5.10 Å². The van der Waals surface area contributed by atoms with Gasteiger partial charge in [0.15, 0.2) is 18.1 Å². The summed E-state index contributed by atoms with van der Waals surface area (Å²) in [5, 5.41) is 3.78. The highest BCUT2D eigenvalue weighted by molar-refractivity contribution is 5.99. The number of halogens is 2. The first kappa shape index (κ1) is 17.4. The Hall–Kier alpha value is -2.96. The summed E-state index contributed by atoms with van der Waals surface area (Å²) in [5.41, 5.74) is 2.56. The second-order valence-electron chi connectivity index (χ2n) is 4.80. The maximum atomic E-state index is 13.6. The molecule has 0 saturated carbocycles. The number of methoxy groups -OCH3 is 1. The van der Waals surface area contributed by atoms with Gasteiger partial charge < -0.3 is 9.47 Å². The van der Waals surface area contributed by atoms with E-state index in [1.165, 1.54) is 20.1 Å². The lowest BCUT2D eigenvalue weighted by atomic mass is 10.1. The van der Waals surface area contributed by atoms with Crippen molar-refractivity contribution in [1.82, 2.24) is 5.43 Å². The molecule has 126 valence electrons. The van der Waals surface area contributed by atoms with Crippen LogP contribution in [0.2, 0.25) is 0 Å². The second kappa shape index (κ2) is 8.05. The number of nitrogens with zero attached hydrogens (tertiary/aromatic N) is 1. The summed E-state index contributed by atoms with van der Waals surface area (Å²) >= 11 is 0. The van der Waals surface area contributed by atoms with E-state index >= 15 is 0 Å². The zero-order chi connectivity index (χ0) is 17.5. The summed E-state index contributed by atoms with van der Waals surface area (Å²) in [7, 11) is 1.49. The van der Waals surface area contributed by atoms with E-state index in [-0.39, 0.29) is 17.9 Å². The molecule has 0 aromatic heterocycles. The first-order chi connectivity index (χ1) is 11.5. The van der Waals surface area contributed by atoms with Crippen LogP contribution in [0.3, 0.4) is 0 Å². The molecule has 0 spiro atoms. The molecule has 2 aromatic rings. The van der Waals surface area contributed by atoms with Crippen molar-refractivity contribution < 1.29 is 23.0 Å². The number of carbonyl (C=O) groups excluding carboxylic acids is 1.